The van der Waals surface area contributed by atoms with Crippen LogP contribution in [0.1, 0.15) is 16.5 Å². The molecular weight excluding hydrogens is 274 g/mol. The fraction of sp³-hybridized carbons (Fsp3) is 0.200. The maximum absolute atomic E-state index is 5.45. The van der Waals surface area contributed by atoms with Gasteiger partial charge in [0.1, 0.15) is 5.75 Å². The van der Waals surface area contributed by atoms with Crippen molar-refractivity contribution in [2.45, 2.75) is 6.04 Å². The molecule has 3 rings (SSSR count). The van der Waals surface area contributed by atoms with E-state index in [1.807, 2.05) is 13.1 Å². The predicted octanol–water partition coefficient (Wildman–Crippen LogP) is 4.28. The van der Waals surface area contributed by atoms with E-state index in [2.05, 4.69) is 40.3 Å². The maximum atomic E-state index is 5.45. The van der Waals surface area contributed by atoms with E-state index in [4.69, 9.17) is 4.74 Å². The van der Waals surface area contributed by atoms with Crippen molar-refractivity contribution in [1.82, 2.24) is 5.32 Å². The highest BCUT2D eigenvalue weighted by molar-refractivity contribution is 7.17. The lowest BCUT2D eigenvalue weighted by atomic mass is 10.0. The highest BCUT2D eigenvalue weighted by atomic mass is 32.1. The van der Waals surface area contributed by atoms with Gasteiger partial charge in [0.05, 0.1) is 18.0 Å². The van der Waals surface area contributed by atoms with Crippen LogP contribution < -0.4 is 10.1 Å². The summed E-state index contributed by atoms with van der Waals surface area (Å²) >= 11 is 3.52. The summed E-state index contributed by atoms with van der Waals surface area (Å²) < 4.78 is 6.78. The zero-order valence-electron chi connectivity index (χ0n) is 10.8. The first-order valence-corrected chi connectivity index (χ1v) is 7.86. The van der Waals surface area contributed by atoms with E-state index in [1.165, 1.54) is 20.5 Å². The second-order valence-electron chi connectivity index (χ2n) is 4.26. The Labute approximate surface area is 120 Å². The second-order valence-corrected chi connectivity index (χ2v) is 6.12. The molecule has 19 heavy (non-hydrogen) atoms. The lowest BCUT2D eigenvalue weighted by molar-refractivity contribution is 0.409. The molecule has 0 saturated heterocycles. The zero-order chi connectivity index (χ0) is 13.2. The first kappa shape index (κ1) is 12.7. The molecule has 1 unspecified atom stereocenters. The number of benzene rings is 1. The van der Waals surface area contributed by atoms with E-state index in [-0.39, 0.29) is 6.04 Å². The van der Waals surface area contributed by atoms with Gasteiger partial charge in [-0.3, -0.25) is 0 Å². The monoisotopic (exact) mass is 289 g/mol. The Kier molecular flexibility index (Phi) is 3.55. The van der Waals surface area contributed by atoms with Crippen LogP contribution >= 0.6 is 22.7 Å². The van der Waals surface area contributed by atoms with Crippen molar-refractivity contribution in [2.24, 2.45) is 0 Å². The topological polar surface area (TPSA) is 21.3 Å². The molecule has 2 heterocycles. The minimum Gasteiger partial charge on any atom is -0.496 e. The van der Waals surface area contributed by atoms with Crippen molar-refractivity contribution in [3.05, 3.63) is 51.5 Å². The summed E-state index contributed by atoms with van der Waals surface area (Å²) in [6.45, 7) is 0. The van der Waals surface area contributed by atoms with Crippen LogP contribution in [0.25, 0.3) is 10.1 Å². The molecule has 0 aliphatic carbocycles. The van der Waals surface area contributed by atoms with Gasteiger partial charge in [-0.2, -0.15) is 0 Å². The Bertz CT molecular complexity index is 686. The van der Waals surface area contributed by atoms with Crippen LogP contribution in [0, 0.1) is 0 Å². The number of ether oxygens (including phenoxy) is 1. The number of nitrogens with one attached hydrogen (secondary N) is 1. The van der Waals surface area contributed by atoms with Crippen molar-refractivity contribution >= 4 is 32.8 Å². The molecule has 4 heteroatoms. The molecule has 0 aliphatic rings. The largest absolute Gasteiger partial charge is 0.496 e. The van der Waals surface area contributed by atoms with Crippen molar-refractivity contribution < 1.29 is 4.74 Å². The fourth-order valence-corrected chi connectivity index (χ4v) is 4.31. The Balaban J connectivity index is 2.12. The Morgan fingerprint density at radius 2 is 2.00 bits per heavy atom. The van der Waals surface area contributed by atoms with Crippen molar-refractivity contribution in [3.8, 4) is 5.75 Å². The molecule has 0 amide bonds. The summed E-state index contributed by atoms with van der Waals surface area (Å²) in [6.07, 6.45) is 0. The summed E-state index contributed by atoms with van der Waals surface area (Å²) in [5.74, 6) is 0.958. The Morgan fingerprint density at radius 3 is 2.79 bits per heavy atom. The molecule has 0 bridgehead atoms. The highest BCUT2D eigenvalue weighted by Crippen LogP contribution is 2.39. The van der Waals surface area contributed by atoms with Crippen LogP contribution in [0.2, 0.25) is 0 Å². The lowest BCUT2D eigenvalue weighted by Gasteiger charge is -2.16. The number of thiophene rings is 2. The quantitative estimate of drug-likeness (QED) is 0.774. The van der Waals surface area contributed by atoms with Crippen molar-refractivity contribution in [2.75, 3.05) is 14.2 Å². The molecule has 1 N–H and O–H groups in total. The minimum absolute atomic E-state index is 0.186. The first-order chi connectivity index (χ1) is 9.35. The third-order valence-corrected chi connectivity index (χ3v) is 5.19. The lowest BCUT2D eigenvalue weighted by Crippen LogP contribution is -2.16. The van der Waals surface area contributed by atoms with Gasteiger partial charge in [-0.05, 0) is 40.9 Å². The normalized spacial score (nSPS) is 12.7. The minimum atomic E-state index is 0.186. The zero-order valence-corrected chi connectivity index (χ0v) is 12.5. The number of fused-ring (bicyclic) bond motifs is 1. The standard InChI is InChI=1S/C15H15NOS2/c1-16-14(15-12(17-2)7-8-18-15)11-9-19-13-6-4-3-5-10(11)13/h3-9,14,16H,1-2H3. The molecule has 1 atom stereocenters. The third kappa shape index (κ3) is 2.16. The Morgan fingerprint density at radius 1 is 1.16 bits per heavy atom. The van der Waals surface area contributed by atoms with Crippen LogP contribution in [0.15, 0.2) is 41.1 Å². The molecule has 2 aromatic heterocycles. The number of methoxy groups -OCH3 is 1. The molecule has 0 radical (unpaired) electrons. The van der Waals surface area contributed by atoms with Gasteiger partial charge < -0.3 is 10.1 Å². The molecule has 98 valence electrons. The summed E-state index contributed by atoms with van der Waals surface area (Å²) in [5, 5.41) is 9.05. The van der Waals surface area contributed by atoms with Crippen LogP contribution in [-0.2, 0) is 0 Å². The van der Waals surface area contributed by atoms with E-state index in [0.717, 1.165) is 5.75 Å². The molecule has 2 nitrogen and oxygen atoms in total. The van der Waals surface area contributed by atoms with Crippen molar-refractivity contribution in [3.63, 3.8) is 0 Å². The van der Waals surface area contributed by atoms with E-state index in [9.17, 15) is 0 Å². The smallest absolute Gasteiger partial charge is 0.134 e. The van der Waals surface area contributed by atoms with Gasteiger partial charge in [-0.25, -0.2) is 0 Å². The van der Waals surface area contributed by atoms with Gasteiger partial charge in [0, 0.05) is 4.70 Å². The van der Waals surface area contributed by atoms with E-state index >= 15 is 0 Å². The summed E-state index contributed by atoms with van der Waals surface area (Å²) in [5.41, 5.74) is 1.32. The average Bonchev–Trinajstić information content (AvgIpc) is 3.07. The maximum Gasteiger partial charge on any atom is 0.134 e. The first-order valence-electron chi connectivity index (χ1n) is 6.10. The van der Waals surface area contributed by atoms with Crippen LogP contribution in [0.4, 0.5) is 0 Å². The molecule has 3 aromatic rings. The SMILES string of the molecule is CNC(c1sccc1OC)c1csc2ccccc12. The van der Waals surface area contributed by atoms with Gasteiger partial charge >= 0.3 is 0 Å². The Hall–Kier alpha value is -1.36. The van der Waals surface area contributed by atoms with Crippen LogP contribution in [-0.4, -0.2) is 14.2 Å². The number of rotatable bonds is 4. The molecule has 0 aliphatic heterocycles. The molecule has 1 aromatic carbocycles. The van der Waals surface area contributed by atoms with E-state index < -0.39 is 0 Å². The van der Waals surface area contributed by atoms with Gasteiger partial charge in [0.25, 0.3) is 0 Å². The number of hydrogen-bond acceptors (Lipinski definition) is 4. The third-order valence-electron chi connectivity index (χ3n) is 3.25. The molecular formula is C15H15NOS2. The van der Waals surface area contributed by atoms with Crippen LogP contribution in [0.3, 0.4) is 0 Å². The van der Waals surface area contributed by atoms with Crippen molar-refractivity contribution in [1.29, 1.82) is 0 Å². The van der Waals surface area contributed by atoms with Crippen LogP contribution in [0.5, 0.6) is 5.75 Å². The average molecular weight is 289 g/mol. The number of hydrogen-bond donors (Lipinski definition) is 1. The van der Waals surface area contributed by atoms with Gasteiger partial charge in [-0.15, -0.1) is 22.7 Å². The van der Waals surface area contributed by atoms with E-state index in [0.29, 0.717) is 0 Å². The summed E-state index contributed by atoms with van der Waals surface area (Å²) in [4.78, 5) is 1.23. The molecule has 0 saturated carbocycles. The van der Waals surface area contributed by atoms with Gasteiger partial charge in [0.2, 0.25) is 0 Å². The second kappa shape index (κ2) is 5.33. The molecule has 0 fully saturated rings. The van der Waals surface area contributed by atoms with Gasteiger partial charge in [-0.1, -0.05) is 18.2 Å². The fourth-order valence-electron chi connectivity index (χ4n) is 2.34. The predicted molar refractivity (Wildman–Crippen MR) is 83.6 cm³/mol. The van der Waals surface area contributed by atoms with Gasteiger partial charge in [0.15, 0.2) is 0 Å². The molecule has 0 spiro atoms. The van der Waals surface area contributed by atoms with E-state index in [1.54, 1.807) is 29.8 Å². The highest BCUT2D eigenvalue weighted by Gasteiger charge is 2.20. The summed E-state index contributed by atoms with van der Waals surface area (Å²) in [7, 11) is 3.72. The summed E-state index contributed by atoms with van der Waals surface area (Å²) in [6, 6.07) is 10.7.